The molecular formula is C16H13N3S2. The van der Waals surface area contributed by atoms with Crippen molar-refractivity contribution in [2.45, 2.75) is 6.54 Å². The number of imidazole rings is 1. The highest BCUT2D eigenvalue weighted by atomic mass is 32.1. The minimum Gasteiger partial charge on any atom is -0.325 e. The summed E-state index contributed by atoms with van der Waals surface area (Å²) in [6.45, 7) is 0.473. The van der Waals surface area contributed by atoms with Crippen LogP contribution in [0.5, 0.6) is 0 Å². The van der Waals surface area contributed by atoms with E-state index >= 15 is 0 Å². The van der Waals surface area contributed by atoms with Crippen molar-refractivity contribution in [1.82, 2.24) is 9.38 Å². The molecule has 0 amide bonds. The van der Waals surface area contributed by atoms with E-state index in [0.717, 1.165) is 21.9 Å². The molecule has 0 fully saturated rings. The second-order valence-corrected chi connectivity index (χ2v) is 6.48. The van der Waals surface area contributed by atoms with Gasteiger partial charge in [-0.2, -0.15) is 0 Å². The Balaban J connectivity index is 1.99. The van der Waals surface area contributed by atoms with Gasteiger partial charge in [-0.15, -0.1) is 22.7 Å². The van der Waals surface area contributed by atoms with Crippen molar-refractivity contribution >= 4 is 27.6 Å². The minimum absolute atomic E-state index is 0.473. The Morgan fingerprint density at radius 1 is 1.05 bits per heavy atom. The second kappa shape index (κ2) is 5.11. The molecule has 0 atom stereocenters. The Morgan fingerprint density at radius 2 is 1.90 bits per heavy atom. The van der Waals surface area contributed by atoms with Crippen LogP contribution in [0.3, 0.4) is 0 Å². The smallest absolute Gasteiger partial charge is 0.195 e. The van der Waals surface area contributed by atoms with Gasteiger partial charge in [0.1, 0.15) is 0 Å². The molecule has 0 saturated carbocycles. The summed E-state index contributed by atoms with van der Waals surface area (Å²) >= 11 is 3.40. The maximum Gasteiger partial charge on any atom is 0.195 e. The van der Waals surface area contributed by atoms with E-state index in [9.17, 15) is 0 Å². The van der Waals surface area contributed by atoms with E-state index in [-0.39, 0.29) is 0 Å². The van der Waals surface area contributed by atoms with Crippen LogP contribution in [0.2, 0.25) is 0 Å². The molecule has 0 bridgehead atoms. The van der Waals surface area contributed by atoms with Crippen LogP contribution in [-0.2, 0) is 6.54 Å². The van der Waals surface area contributed by atoms with E-state index in [4.69, 9.17) is 10.7 Å². The van der Waals surface area contributed by atoms with Crippen molar-refractivity contribution in [2.24, 2.45) is 5.73 Å². The van der Waals surface area contributed by atoms with Gasteiger partial charge in [-0.3, -0.25) is 4.40 Å². The highest BCUT2D eigenvalue weighted by Gasteiger charge is 2.17. The van der Waals surface area contributed by atoms with Crippen molar-refractivity contribution in [3.8, 4) is 21.8 Å². The molecular weight excluding hydrogens is 298 g/mol. The van der Waals surface area contributed by atoms with Gasteiger partial charge in [0.05, 0.1) is 22.0 Å². The topological polar surface area (TPSA) is 43.3 Å². The highest BCUT2D eigenvalue weighted by molar-refractivity contribution is 7.17. The molecule has 0 spiro atoms. The maximum atomic E-state index is 6.03. The fraction of sp³-hybridized carbons (Fsp3) is 0.0625. The zero-order chi connectivity index (χ0) is 14.2. The summed E-state index contributed by atoms with van der Waals surface area (Å²) in [6, 6.07) is 14.4. The zero-order valence-corrected chi connectivity index (χ0v) is 12.8. The van der Waals surface area contributed by atoms with Gasteiger partial charge in [0.2, 0.25) is 0 Å². The van der Waals surface area contributed by atoms with Crippen molar-refractivity contribution in [2.75, 3.05) is 0 Å². The largest absolute Gasteiger partial charge is 0.325 e. The van der Waals surface area contributed by atoms with Gasteiger partial charge in [0.25, 0.3) is 0 Å². The van der Waals surface area contributed by atoms with Gasteiger partial charge < -0.3 is 5.73 Å². The molecule has 0 aliphatic heterocycles. The van der Waals surface area contributed by atoms with E-state index in [1.165, 1.54) is 10.6 Å². The Labute approximate surface area is 130 Å². The molecule has 21 heavy (non-hydrogen) atoms. The van der Waals surface area contributed by atoms with E-state index in [2.05, 4.69) is 39.4 Å². The first-order valence-electron chi connectivity index (χ1n) is 6.66. The van der Waals surface area contributed by atoms with Crippen molar-refractivity contribution in [3.05, 3.63) is 58.9 Å². The normalized spacial score (nSPS) is 11.3. The molecule has 0 radical (unpaired) electrons. The van der Waals surface area contributed by atoms with Crippen LogP contribution < -0.4 is 5.73 Å². The van der Waals surface area contributed by atoms with Crippen LogP contribution >= 0.6 is 22.7 Å². The first kappa shape index (κ1) is 12.8. The van der Waals surface area contributed by atoms with Crippen molar-refractivity contribution in [1.29, 1.82) is 0 Å². The third-order valence-electron chi connectivity index (χ3n) is 3.47. The van der Waals surface area contributed by atoms with Crippen LogP contribution in [0.25, 0.3) is 26.8 Å². The average Bonchev–Trinajstić information content (AvgIpc) is 3.23. The predicted octanol–water partition coefficient (Wildman–Crippen LogP) is 4.25. The second-order valence-electron chi connectivity index (χ2n) is 4.69. The molecule has 0 saturated heterocycles. The molecule has 104 valence electrons. The van der Waals surface area contributed by atoms with E-state index in [1.54, 1.807) is 22.7 Å². The summed E-state index contributed by atoms with van der Waals surface area (Å²) in [6.07, 6.45) is 0. The number of nitrogens with zero attached hydrogens (tertiary/aromatic N) is 2. The standard InChI is InChI=1S/C16H13N3S2/c17-9-12-15(11-5-2-1-3-6-11)18-16-19(12)13(10-21-16)14-7-4-8-20-14/h1-8,10H,9,17H2. The molecule has 1 aromatic carbocycles. The molecule has 0 unspecified atom stereocenters. The quantitative estimate of drug-likeness (QED) is 0.614. The van der Waals surface area contributed by atoms with Gasteiger partial charge in [-0.25, -0.2) is 4.98 Å². The van der Waals surface area contributed by atoms with Crippen LogP contribution in [0.4, 0.5) is 0 Å². The number of rotatable bonds is 3. The molecule has 3 heterocycles. The van der Waals surface area contributed by atoms with Gasteiger partial charge in [-0.05, 0) is 11.4 Å². The monoisotopic (exact) mass is 311 g/mol. The first-order chi connectivity index (χ1) is 10.4. The third-order valence-corrected chi connectivity index (χ3v) is 5.19. The number of aromatic nitrogens is 2. The minimum atomic E-state index is 0.473. The highest BCUT2D eigenvalue weighted by Crippen LogP contribution is 2.34. The summed E-state index contributed by atoms with van der Waals surface area (Å²) in [5, 5.41) is 4.25. The van der Waals surface area contributed by atoms with E-state index < -0.39 is 0 Å². The molecule has 3 aromatic heterocycles. The fourth-order valence-electron chi connectivity index (χ4n) is 2.53. The summed E-state index contributed by atoms with van der Waals surface area (Å²) in [5.41, 5.74) is 10.4. The fourth-order valence-corrected chi connectivity index (χ4v) is 4.24. The Kier molecular flexibility index (Phi) is 3.11. The summed E-state index contributed by atoms with van der Waals surface area (Å²) in [5.74, 6) is 0. The van der Waals surface area contributed by atoms with Gasteiger partial charge in [0.15, 0.2) is 4.96 Å². The average molecular weight is 311 g/mol. The maximum absolute atomic E-state index is 6.03. The van der Waals surface area contributed by atoms with Crippen LogP contribution in [-0.4, -0.2) is 9.38 Å². The Morgan fingerprint density at radius 3 is 2.62 bits per heavy atom. The lowest BCUT2D eigenvalue weighted by atomic mass is 10.1. The summed E-state index contributed by atoms with van der Waals surface area (Å²) in [4.78, 5) is 7.03. The molecule has 4 aromatic rings. The number of hydrogen-bond donors (Lipinski definition) is 1. The molecule has 5 heteroatoms. The SMILES string of the molecule is NCc1c(-c2ccccc2)nc2scc(-c3cccs3)n12. The molecule has 3 nitrogen and oxygen atoms in total. The molecule has 2 N–H and O–H groups in total. The number of benzene rings is 1. The third kappa shape index (κ3) is 2.01. The lowest BCUT2D eigenvalue weighted by molar-refractivity contribution is 0.975. The van der Waals surface area contributed by atoms with Gasteiger partial charge in [0, 0.05) is 17.5 Å². The molecule has 4 rings (SSSR count). The number of hydrogen-bond acceptors (Lipinski definition) is 4. The molecule has 0 aliphatic carbocycles. The van der Waals surface area contributed by atoms with Crippen LogP contribution in [0, 0.1) is 0 Å². The van der Waals surface area contributed by atoms with E-state index in [0.29, 0.717) is 6.54 Å². The van der Waals surface area contributed by atoms with E-state index in [1.807, 2.05) is 18.2 Å². The summed E-state index contributed by atoms with van der Waals surface area (Å²) < 4.78 is 2.19. The van der Waals surface area contributed by atoms with Gasteiger partial charge in [-0.1, -0.05) is 36.4 Å². The first-order valence-corrected chi connectivity index (χ1v) is 8.42. The van der Waals surface area contributed by atoms with Crippen molar-refractivity contribution < 1.29 is 0 Å². The number of nitrogens with two attached hydrogens (primary N) is 1. The zero-order valence-electron chi connectivity index (χ0n) is 11.2. The predicted molar refractivity (Wildman–Crippen MR) is 89.7 cm³/mol. The molecule has 0 aliphatic rings. The number of fused-ring (bicyclic) bond motifs is 1. The van der Waals surface area contributed by atoms with Crippen molar-refractivity contribution in [3.63, 3.8) is 0 Å². The lowest BCUT2D eigenvalue weighted by Gasteiger charge is -2.03. The Bertz CT molecular complexity index is 873. The Hall–Kier alpha value is -1.95. The van der Waals surface area contributed by atoms with Crippen LogP contribution in [0.1, 0.15) is 5.69 Å². The number of thiophene rings is 1. The number of thiazole rings is 1. The van der Waals surface area contributed by atoms with Gasteiger partial charge >= 0.3 is 0 Å². The lowest BCUT2D eigenvalue weighted by Crippen LogP contribution is -2.02. The summed E-state index contributed by atoms with van der Waals surface area (Å²) in [7, 11) is 0. The van der Waals surface area contributed by atoms with Crippen LogP contribution in [0.15, 0.2) is 53.2 Å².